The summed E-state index contributed by atoms with van der Waals surface area (Å²) in [5.74, 6) is -1.08. The molecule has 0 aliphatic rings. The van der Waals surface area contributed by atoms with Crippen LogP contribution in [-0.4, -0.2) is 45.5 Å². The Kier molecular flexibility index (Phi) is 145. The standard InChI is InChI=1S/C2H4O2.Mg.3H2O/c1-2(3)4;;;;/h1H3,(H,3,4);;3*1H2/q;+2;;;/p-1. The number of carbonyl (C=O) groups excluding carboxylic acids is 1. The van der Waals surface area contributed by atoms with Crippen molar-refractivity contribution in [1.29, 1.82) is 0 Å². The van der Waals surface area contributed by atoms with Gasteiger partial charge in [-0.25, -0.2) is 0 Å². The zero-order chi connectivity index (χ0) is 3.58. The average Bonchev–Trinajstić information content (AvgIpc) is 0.811. The maximum Gasteiger partial charge on any atom is 2.00 e. The van der Waals surface area contributed by atoms with Gasteiger partial charge in [0.2, 0.25) is 0 Å². The van der Waals surface area contributed by atoms with Gasteiger partial charge < -0.3 is 26.3 Å². The minimum Gasteiger partial charge on any atom is -0.550 e. The number of hydrogen-bond donors (Lipinski definition) is 0. The molecular formula is C2H9MgO5+. The van der Waals surface area contributed by atoms with Crippen LogP contribution in [0.4, 0.5) is 0 Å². The molecule has 0 aromatic carbocycles. The van der Waals surface area contributed by atoms with Crippen LogP contribution in [0.25, 0.3) is 0 Å². The fourth-order valence-electron chi connectivity index (χ4n) is 0. The molecule has 0 fully saturated rings. The predicted octanol–water partition coefficient (Wildman–Crippen LogP) is -4.10. The van der Waals surface area contributed by atoms with Gasteiger partial charge in [0.25, 0.3) is 0 Å². The minimum absolute atomic E-state index is 0. The Morgan fingerprint density at radius 3 is 1.25 bits per heavy atom. The molecule has 0 aromatic heterocycles. The zero-order valence-electron chi connectivity index (χ0n) is 4.52. The first-order valence-corrected chi connectivity index (χ1v) is 0.908. The van der Waals surface area contributed by atoms with E-state index in [1.165, 1.54) is 0 Å². The molecule has 0 radical (unpaired) electrons. The van der Waals surface area contributed by atoms with E-state index in [2.05, 4.69) is 0 Å². The monoisotopic (exact) mass is 137 g/mol. The van der Waals surface area contributed by atoms with Crippen molar-refractivity contribution in [2.45, 2.75) is 6.92 Å². The van der Waals surface area contributed by atoms with E-state index in [4.69, 9.17) is 9.90 Å². The zero-order valence-corrected chi connectivity index (χ0v) is 5.94. The number of rotatable bonds is 0. The van der Waals surface area contributed by atoms with Gasteiger partial charge in [-0.15, -0.1) is 0 Å². The van der Waals surface area contributed by atoms with Crippen LogP contribution >= 0.6 is 0 Å². The van der Waals surface area contributed by atoms with Gasteiger partial charge in [0.05, 0.1) is 0 Å². The van der Waals surface area contributed by atoms with E-state index in [1.807, 2.05) is 0 Å². The molecule has 0 aliphatic heterocycles. The Bertz CT molecular complexity index is 33.4. The van der Waals surface area contributed by atoms with Crippen molar-refractivity contribution in [2.75, 3.05) is 0 Å². The predicted molar refractivity (Wildman–Crippen MR) is 27.3 cm³/mol. The van der Waals surface area contributed by atoms with E-state index in [0.29, 0.717) is 0 Å². The quantitative estimate of drug-likeness (QED) is 0.314. The molecule has 6 heteroatoms. The van der Waals surface area contributed by atoms with Crippen LogP contribution in [0.15, 0.2) is 0 Å². The topological polar surface area (TPSA) is 135 Å². The minimum atomic E-state index is -1.08. The Morgan fingerprint density at radius 2 is 1.25 bits per heavy atom. The van der Waals surface area contributed by atoms with Gasteiger partial charge in [0.15, 0.2) is 0 Å². The molecule has 8 heavy (non-hydrogen) atoms. The first kappa shape index (κ1) is 42.3. The Balaban J connectivity index is -0.00000000750. The average molecular weight is 137 g/mol. The van der Waals surface area contributed by atoms with Gasteiger partial charge in [-0.1, -0.05) is 0 Å². The molecule has 0 bridgehead atoms. The molecule has 6 N–H and O–H groups in total. The number of hydrogen-bond acceptors (Lipinski definition) is 2. The van der Waals surface area contributed by atoms with Crippen molar-refractivity contribution in [3.05, 3.63) is 0 Å². The van der Waals surface area contributed by atoms with E-state index < -0.39 is 5.97 Å². The van der Waals surface area contributed by atoms with Crippen LogP contribution in [0.5, 0.6) is 0 Å². The van der Waals surface area contributed by atoms with Crippen LogP contribution in [0.1, 0.15) is 6.92 Å². The number of carbonyl (C=O) groups is 1. The molecule has 0 amide bonds. The van der Waals surface area contributed by atoms with E-state index in [1.54, 1.807) is 0 Å². The summed E-state index contributed by atoms with van der Waals surface area (Å²) in [6.45, 7) is 0.972. The smallest absolute Gasteiger partial charge is 0.550 e. The van der Waals surface area contributed by atoms with Crippen molar-refractivity contribution in [1.82, 2.24) is 0 Å². The first-order chi connectivity index (χ1) is 1.73. The van der Waals surface area contributed by atoms with Gasteiger partial charge in [0.1, 0.15) is 0 Å². The fourth-order valence-corrected chi connectivity index (χ4v) is 0. The van der Waals surface area contributed by atoms with Gasteiger partial charge in [0, 0.05) is 5.97 Å². The molecule has 0 aliphatic carbocycles. The Hall–Kier alpha value is 0.116. The molecule has 0 aromatic rings. The van der Waals surface area contributed by atoms with Crippen LogP contribution in [0.2, 0.25) is 0 Å². The third kappa shape index (κ3) is 11900. The first-order valence-electron chi connectivity index (χ1n) is 0.908. The van der Waals surface area contributed by atoms with Crippen LogP contribution in [0.3, 0.4) is 0 Å². The van der Waals surface area contributed by atoms with Crippen molar-refractivity contribution in [3.63, 3.8) is 0 Å². The van der Waals surface area contributed by atoms with Crippen molar-refractivity contribution in [2.24, 2.45) is 0 Å². The van der Waals surface area contributed by atoms with E-state index in [0.717, 1.165) is 6.92 Å². The van der Waals surface area contributed by atoms with Crippen LogP contribution in [-0.2, 0) is 4.79 Å². The second-order valence-corrected chi connectivity index (χ2v) is 0.492. The maximum absolute atomic E-state index is 8.89. The summed E-state index contributed by atoms with van der Waals surface area (Å²) in [4.78, 5) is 8.89. The summed E-state index contributed by atoms with van der Waals surface area (Å²) in [5.41, 5.74) is 0. The summed E-state index contributed by atoms with van der Waals surface area (Å²) < 4.78 is 0. The normalized spacial score (nSPS) is 3.12. The molecule has 0 spiro atoms. The van der Waals surface area contributed by atoms with Gasteiger partial charge in [-0.05, 0) is 6.92 Å². The second kappa shape index (κ2) is 27.4. The molecule has 0 rings (SSSR count). The molecule has 0 saturated carbocycles. The Morgan fingerprint density at radius 1 is 1.25 bits per heavy atom. The molecular weight excluding hydrogens is 128 g/mol. The maximum atomic E-state index is 8.89. The second-order valence-electron chi connectivity index (χ2n) is 0.492. The molecule has 48 valence electrons. The molecule has 5 nitrogen and oxygen atoms in total. The van der Waals surface area contributed by atoms with Crippen LogP contribution < -0.4 is 5.11 Å². The third-order valence-electron chi connectivity index (χ3n) is 0. The summed E-state index contributed by atoms with van der Waals surface area (Å²) in [6.07, 6.45) is 0. The van der Waals surface area contributed by atoms with Crippen molar-refractivity contribution < 1.29 is 26.3 Å². The molecule has 0 saturated heterocycles. The van der Waals surface area contributed by atoms with Gasteiger partial charge in [-0.2, -0.15) is 0 Å². The van der Waals surface area contributed by atoms with Gasteiger partial charge in [-0.3, -0.25) is 0 Å². The van der Waals surface area contributed by atoms with Crippen molar-refractivity contribution >= 4 is 29.0 Å². The van der Waals surface area contributed by atoms with Crippen molar-refractivity contribution in [3.8, 4) is 0 Å². The summed E-state index contributed by atoms with van der Waals surface area (Å²) >= 11 is 0. The van der Waals surface area contributed by atoms with E-state index >= 15 is 0 Å². The SMILES string of the molecule is CC(=O)[O-].O.O.O.[Mg+2]. The molecule has 0 heterocycles. The van der Waals surface area contributed by atoms with Crippen LogP contribution in [0, 0.1) is 0 Å². The fraction of sp³-hybridized carbons (Fsp3) is 0.500. The number of carboxylic acid groups (broad SMARTS) is 1. The number of carboxylic acids is 1. The van der Waals surface area contributed by atoms with E-state index in [9.17, 15) is 0 Å². The summed E-state index contributed by atoms with van der Waals surface area (Å²) in [5, 5.41) is 8.89. The van der Waals surface area contributed by atoms with Gasteiger partial charge >= 0.3 is 23.1 Å². The molecule has 0 unspecified atom stereocenters. The van der Waals surface area contributed by atoms with E-state index in [-0.39, 0.29) is 39.5 Å². The molecule has 0 atom stereocenters. The number of aliphatic carboxylic acids is 1. The largest absolute Gasteiger partial charge is 2.00 e. The summed E-state index contributed by atoms with van der Waals surface area (Å²) in [6, 6.07) is 0. The Labute approximate surface area is 62.8 Å². The summed E-state index contributed by atoms with van der Waals surface area (Å²) in [7, 11) is 0. The third-order valence-corrected chi connectivity index (χ3v) is 0.